The summed E-state index contributed by atoms with van der Waals surface area (Å²) in [5.41, 5.74) is -0.452. The van der Waals surface area contributed by atoms with E-state index < -0.39 is 5.60 Å². The lowest BCUT2D eigenvalue weighted by molar-refractivity contribution is 0.0527. The van der Waals surface area contributed by atoms with Crippen LogP contribution >= 0.6 is 0 Å². The number of hydrogen-bond donors (Lipinski definition) is 3. The van der Waals surface area contributed by atoms with Crippen LogP contribution in [0.15, 0.2) is 0 Å². The maximum atomic E-state index is 11.4. The number of alkyl carbamates (subject to hydrolysis) is 1. The molecule has 0 saturated carbocycles. The Morgan fingerprint density at radius 3 is 2.37 bits per heavy atom. The minimum Gasteiger partial charge on any atom is -0.444 e. The molecule has 0 spiro atoms. The molecule has 0 rings (SSSR count). The zero-order valence-corrected chi connectivity index (χ0v) is 13.0. The maximum absolute atomic E-state index is 11.4. The Bertz CT molecular complexity index is 250. The molecule has 1 amide bonds. The van der Waals surface area contributed by atoms with Gasteiger partial charge < -0.3 is 20.5 Å². The molecule has 5 heteroatoms. The van der Waals surface area contributed by atoms with E-state index in [0.29, 0.717) is 18.5 Å². The van der Waals surface area contributed by atoms with E-state index in [9.17, 15) is 4.79 Å². The van der Waals surface area contributed by atoms with Crippen molar-refractivity contribution in [2.45, 2.75) is 59.1 Å². The third-order valence-electron chi connectivity index (χ3n) is 2.67. The van der Waals surface area contributed by atoms with Crippen molar-refractivity contribution in [2.24, 2.45) is 5.92 Å². The van der Waals surface area contributed by atoms with Crippen molar-refractivity contribution in [3.05, 3.63) is 0 Å². The largest absolute Gasteiger partial charge is 0.444 e. The molecular weight excluding hydrogens is 244 g/mol. The van der Waals surface area contributed by atoms with Crippen LogP contribution in [0.5, 0.6) is 0 Å². The van der Waals surface area contributed by atoms with Crippen molar-refractivity contribution < 1.29 is 14.6 Å². The van der Waals surface area contributed by atoms with Gasteiger partial charge >= 0.3 is 6.09 Å². The van der Waals surface area contributed by atoms with Crippen LogP contribution in [0.2, 0.25) is 0 Å². The summed E-state index contributed by atoms with van der Waals surface area (Å²) < 4.78 is 5.14. The van der Waals surface area contributed by atoms with Gasteiger partial charge in [0.15, 0.2) is 0 Å². The Morgan fingerprint density at radius 1 is 1.26 bits per heavy atom. The quantitative estimate of drug-likeness (QED) is 0.591. The average molecular weight is 274 g/mol. The van der Waals surface area contributed by atoms with Crippen LogP contribution in [0, 0.1) is 5.92 Å². The third kappa shape index (κ3) is 10.8. The van der Waals surface area contributed by atoms with E-state index >= 15 is 0 Å². The molecule has 0 heterocycles. The number of carbonyl (C=O) groups is 1. The highest BCUT2D eigenvalue weighted by atomic mass is 16.6. The zero-order chi connectivity index (χ0) is 14.9. The van der Waals surface area contributed by atoms with Crippen LogP contribution in [0.3, 0.4) is 0 Å². The Morgan fingerprint density at radius 2 is 1.89 bits per heavy atom. The van der Waals surface area contributed by atoms with E-state index in [-0.39, 0.29) is 12.7 Å². The summed E-state index contributed by atoms with van der Waals surface area (Å²) in [5, 5.41) is 15.1. The van der Waals surface area contributed by atoms with Gasteiger partial charge in [-0.25, -0.2) is 4.79 Å². The van der Waals surface area contributed by atoms with Crippen LogP contribution in [-0.2, 0) is 4.74 Å². The highest BCUT2D eigenvalue weighted by molar-refractivity contribution is 5.67. The standard InChI is InChI=1S/C14H30N2O3/c1-11(2)12(7-10-17)15-8-6-9-16-13(18)19-14(3,4)5/h11-12,15,17H,6-10H2,1-5H3,(H,16,18). The summed E-state index contributed by atoms with van der Waals surface area (Å²) in [6, 6.07) is 0.325. The molecule has 3 N–H and O–H groups in total. The first kappa shape index (κ1) is 18.2. The molecule has 1 unspecified atom stereocenters. The average Bonchev–Trinajstić information content (AvgIpc) is 2.24. The van der Waals surface area contributed by atoms with Gasteiger partial charge in [0, 0.05) is 19.2 Å². The Labute approximate surface area is 117 Å². The molecule has 0 saturated heterocycles. The van der Waals surface area contributed by atoms with Crippen LogP contribution in [0.4, 0.5) is 4.79 Å². The number of ether oxygens (including phenoxy) is 1. The van der Waals surface area contributed by atoms with Gasteiger partial charge in [-0.3, -0.25) is 0 Å². The van der Waals surface area contributed by atoms with Gasteiger partial charge in [-0.2, -0.15) is 0 Å². The topological polar surface area (TPSA) is 70.6 Å². The minimum atomic E-state index is -0.452. The van der Waals surface area contributed by atoms with Crippen molar-refractivity contribution in [1.82, 2.24) is 10.6 Å². The number of aliphatic hydroxyl groups is 1. The number of rotatable bonds is 8. The highest BCUT2D eigenvalue weighted by Crippen LogP contribution is 2.06. The van der Waals surface area contributed by atoms with Crippen LogP contribution in [-0.4, -0.2) is 42.5 Å². The number of nitrogens with one attached hydrogen (secondary N) is 2. The van der Waals surface area contributed by atoms with Crippen molar-refractivity contribution in [2.75, 3.05) is 19.7 Å². The van der Waals surface area contributed by atoms with Gasteiger partial charge in [0.2, 0.25) is 0 Å². The van der Waals surface area contributed by atoms with Crippen molar-refractivity contribution in [3.8, 4) is 0 Å². The fourth-order valence-corrected chi connectivity index (χ4v) is 1.69. The molecule has 0 aliphatic carbocycles. The smallest absolute Gasteiger partial charge is 0.407 e. The van der Waals surface area contributed by atoms with E-state index in [1.165, 1.54) is 0 Å². The van der Waals surface area contributed by atoms with E-state index in [2.05, 4.69) is 24.5 Å². The summed E-state index contributed by atoms with van der Waals surface area (Å²) in [6.07, 6.45) is 1.23. The first-order chi connectivity index (χ1) is 8.76. The molecule has 0 aromatic carbocycles. The van der Waals surface area contributed by atoms with E-state index in [1.54, 1.807) is 0 Å². The van der Waals surface area contributed by atoms with Crippen LogP contribution < -0.4 is 10.6 Å². The summed E-state index contributed by atoms with van der Waals surface area (Å²) in [4.78, 5) is 11.4. The van der Waals surface area contributed by atoms with E-state index in [4.69, 9.17) is 9.84 Å². The highest BCUT2D eigenvalue weighted by Gasteiger charge is 2.15. The summed E-state index contributed by atoms with van der Waals surface area (Å²) in [6.45, 7) is 11.4. The molecule has 1 atom stereocenters. The summed E-state index contributed by atoms with van der Waals surface area (Å²) >= 11 is 0. The molecule has 5 nitrogen and oxygen atoms in total. The molecule has 19 heavy (non-hydrogen) atoms. The number of amides is 1. The lowest BCUT2D eigenvalue weighted by Crippen LogP contribution is -2.37. The predicted molar refractivity (Wildman–Crippen MR) is 77.2 cm³/mol. The second kappa shape index (κ2) is 9.15. The van der Waals surface area contributed by atoms with Crippen molar-refractivity contribution >= 4 is 6.09 Å². The van der Waals surface area contributed by atoms with Crippen LogP contribution in [0.25, 0.3) is 0 Å². The molecule has 0 aliphatic rings. The molecule has 114 valence electrons. The summed E-state index contributed by atoms with van der Waals surface area (Å²) in [7, 11) is 0. The minimum absolute atomic E-state index is 0.200. The molecule has 0 radical (unpaired) electrons. The monoisotopic (exact) mass is 274 g/mol. The second-order valence-corrected chi connectivity index (χ2v) is 6.10. The van der Waals surface area contributed by atoms with Crippen molar-refractivity contribution in [1.29, 1.82) is 0 Å². The Hall–Kier alpha value is -0.810. The normalized spacial score (nSPS) is 13.4. The van der Waals surface area contributed by atoms with Gasteiger partial charge in [-0.05, 0) is 46.1 Å². The fourth-order valence-electron chi connectivity index (χ4n) is 1.69. The Kier molecular flexibility index (Phi) is 8.76. The van der Waals surface area contributed by atoms with Gasteiger partial charge in [-0.1, -0.05) is 13.8 Å². The number of carbonyl (C=O) groups excluding carboxylic acids is 1. The fraction of sp³-hybridized carbons (Fsp3) is 0.929. The SMILES string of the molecule is CC(C)C(CCO)NCCCNC(=O)OC(C)(C)C. The van der Waals surface area contributed by atoms with E-state index in [1.807, 2.05) is 20.8 Å². The van der Waals surface area contributed by atoms with Gasteiger partial charge in [0.25, 0.3) is 0 Å². The second-order valence-electron chi connectivity index (χ2n) is 6.10. The first-order valence-electron chi connectivity index (χ1n) is 7.07. The number of hydrogen-bond acceptors (Lipinski definition) is 4. The van der Waals surface area contributed by atoms with Crippen molar-refractivity contribution in [3.63, 3.8) is 0 Å². The van der Waals surface area contributed by atoms with E-state index in [0.717, 1.165) is 19.4 Å². The number of aliphatic hydroxyl groups excluding tert-OH is 1. The Balaban J connectivity index is 3.66. The van der Waals surface area contributed by atoms with Gasteiger partial charge in [0.1, 0.15) is 5.60 Å². The molecule has 0 fully saturated rings. The lowest BCUT2D eigenvalue weighted by atomic mass is 10.0. The maximum Gasteiger partial charge on any atom is 0.407 e. The molecule has 0 aromatic heterocycles. The third-order valence-corrected chi connectivity index (χ3v) is 2.67. The molecule has 0 aliphatic heterocycles. The first-order valence-corrected chi connectivity index (χ1v) is 7.07. The molecular formula is C14H30N2O3. The van der Waals surface area contributed by atoms with Gasteiger partial charge in [0.05, 0.1) is 0 Å². The summed E-state index contributed by atoms with van der Waals surface area (Å²) in [5.74, 6) is 0.492. The predicted octanol–water partition coefficient (Wildman–Crippen LogP) is 1.90. The van der Waals surface area contributed by atoms with Crippen LogP contribution in [0.1, 0.15) is 47.5 Å². The zero-order valence-electron chi connectivity index (χ0n) is 13.0. The van der Waals surface area contributed by atoms with Gasteiger partial charge in [-0.15, -0.1) is 0 Å². The lowest BCUT2D eigenvalue weighted by Gasteiger charge is -2.22. The molecule has 0 aromatic rings. The molecule has 0 bridgehead atoms.